The average Bonchev–Trinajstić information content (AvgIpc) is 3.26. The van der Waals surface area contributed by atoms with Crippen LogP contribution in [0.3, 0.4) is 0 Å². The molecule has 214 valence electrons. The van der Waals surface area contributed by atoms with Gasteiger partial charge in [-0.1, -0.05) is 24.3 Å². The fourth-order valence-corrected chi connectivity index (χ4v) is 4.28. The van der Waals surface area contributed by atoms with Gasteiger partial charge >= 0.3 is 18.4 Å². The van der Waals surface area contributed by atoms with Crippen LogP contribution in [-0.4, -0.2) is 54.1 Å². The van der Waals surface area contributed by atoms with Crippen molar-refractivity contribution in [1.82, 2.24) is 10.0 Å². The number of carbonyl (C=O) groups is 3. The third kappa shape index (κ3) is 6.09. The Kier molecular flexibility index (Phi) is 8.47. The maximum absolute atomic E-state index is 14.7. The molecule has 2 amide bonds. The summed E-state index contributed by atoms with van der Waals surface area (Å²) in [7, 11) is 2.11. The van der Waals surface area contributed by atoms with E-state index in [2.05, 4.69) is 19.7 Å². The Balaban J connectivity index is 1.57. The number of likely N-dealkylation sites (N-methyl/N-ethyl adjacent to an activating group) is 1. The second kappa shape index (κ2) is 11.8. The molecule has 13 heteroatoms. The monoisotopic (exact) mass is 572 g/mol. The maximum Gasteiger partial charge on any atom is 0.387 e. The van der Waals surface area contributed by atoms with Crippen molar-refractivity contribution in [2.45, 2.75) is 25.9 Å². The number of hydrogen-bond donors (Lipinski definition) is 0. The highest BCUT2D eigenvalue weighted by molar-refractivity contribution is 6.27. The molecule has 0 fully saturated rings. The van der Waals surface area contributed by atoms with Crippen molar-refractivity contribution in [2.24, 2.45) is 11.0 Å². The van der Waals surface area contributed by atoms with Crippen LogP contribution in [-0.2, 0) is 31.6 Å². The zero-order chi connectivity index (χ0) is 29.9. The van der Waals surface area contributed by atoms with Gasteiger partial charge in [-0.2, -0.15) is 27.7 Å². The quantitative estimate of drug-likeness (QED) is 0.200. The van der Waals surface area contributed by atoms with E-state index in [0.717, 1.165) is 31.3 Å². The molecule has 1 unspecified atom stereocenters. The summed E-state index contributed by atoms with van der Waals surface area (Å²) in [4.78, 5) is 47.3. The number of hydroxylamine groups is 2. The highest BCUT2D eigenvalue weighted by Gasteiger charge is 2.44. The Labute approximate surface area is 231 Å². The van der Waals surface area contributed by atoms with Gasteiger partial charge in [-0.25, -0.2) is 5.06 Å². The summed E-state index contributed by atoms with van der Waals surface area (Å²) in [5.74, 6) is -8.32. The molecule has 1 atom stereocenters. The Morgan fingerprint density at radius 1 is 1.10 bits per heavy atom. The van der Waals surface area contributed by atoms with Gasteiger partial charge in [-0.15, -0.1) is 0 Å². The number of hydrogen-bond acceptors (Lipinski definition) is 7. The van der Waals surface area contributed by atoms with Crippen molar-refractivity contribution < 1.29 is 41.5 Å². The summed E-state index contributed by atoms with van der Waals surface area (Å²) in [6.45, 7) is -1.63. The van der Waals surface area contributed by atoms with Crippen molar-refractivity contribution in [1.29, 1.82) is 0 Å². The first-order chi connectivity index (χ1) is 19.4. The number of rotatable bonds is 10. The number of nitrogens with zero attached hydrogens (tertiary/aromatic N) is 4. The van der Waals surface area contributed by atoms with E-state index in [4.69, 9.17) is 0 Å². The van der Waals surface area contributed by atoms with Gasteiger partial charge in [0.2, 0.25) is 0 Å². The van der Waals surface area contributed by atoms with Crippen molar-refractivity contribution in [3.8, 4) is 17.0 Å². The lowest BCUT2D eigenvalue weighted by molar-refractivity contribution is -0.195. The molecule has 0 spiro atoms. The minimum Gasteiger partial charge on any atom is -0.434 e. The van der Waals surface area contributed by atoms with Crippen molar-refractivity contribution >= 4 is 29.0 Å². The summed E-state index contributed by atoms with van der Waals surface area (Å²) in [6, 6.07) is 13.6. The summed E-state index contributed by atoms with van der Waals surface area (Å²) < 4.78 is 60.1. The minimum atomic E-state index is -3.92. The van der Waals surface area contributed by atoms with Crippen LogP contribution in [0.25, 0.3) is 11.3 Å². The first-order valence-electron chi connectivity index (χ1n) is 12.2. The first kappa shape index (κ1) is 29.3. The fourth-order valence-electron chi connectivity index (χ4n) is 4.28. The molecule has 0 radical (unpaired) electrons. The van der Waals surface area contributed by atoms with Crippen LogP contribution in [0.5, 0.6) is 5.75 Å². The van der Waals surface area contributed by atoms with Crippen LogP contribution in [0.15, 0.2) is 72.0 Å². The molecule has 2 aromatic carbocycles. The van der Waals surface area contributed by atoms with E-state index in [1.165, 1.54) is 43.5 Å². The molecule has 0 saturated heterocycles. The third-order valence-corrected chi connectivity index (χ3v) is 6.31. The van der Waals surface area contributed by atoms with Crippen molar-refractivity contribution in [3.63, 3.8) is 0 Å². The molecule has 1 aliphatic heterocycles. The second-order valence-electron chi connectivity index (χ2n) is 9.00. The van der Waals surface area contributed by atoms with E-state index in [-0.39, 0.29) is 28.3 Å². The Morgan fingerprint density at radius 3 is 2.51 bits per heavy atom. The number of hydrazone groups is 1. The predicted octanol–water partition coefficient (Wildman–Crippen LogP) is 4.61. The van der Waals surface area contributed by atoms with Gasteiger partial charge < -0.3 is 4.74 Å². The Bertz CT molecular complexity index is 1500. The van der Waals surface area contributed by atoms with Crippen LogP contribution in [0, 0.1) is 5.92 Å². The van der Waals surface area contributed by atoms with Crippen LogP contribution < -0.4 is 9.75 Å². The van der Waals surface area contributed by atoms with Gasteiger partial charge in [0.05, 0.1) is 24.2 Å². The number of pyridine rings is 1. The number of ether oxygens (including phenoxy) is 1. The SMILES string of the molecule is CON(C)C(=O)C(F)(F)c1cccc(CC(=O)C2C(=O)N(c3ccc(OC(F)F)c(-c4ccccn4)c3)N=C2C)c1. The lowest BCUT2D eigenvalue weighted by Crippen LogP contribution is -2.39. The molecule has 0 N–H and O–H groups in total. The highest BCUT2D eigenvalue weighted by atomic mass is 19.3. The number of ketones is 1. The molecule has 1 aromatic heterocycles. The van der Waals surface area contributed by atoms with Gasteiger partial charge in [0.15, 0.2) is 5.78 Å². The third-order valence-electron chi connectivity index (χ3n) is 6.31. The van der Waals surface area contributed by atoms with E-state index in [0.29, 0.717) is 10.8 Å². The molecule has 0 aliphatic carbocycles. The van der Waals surface area contributed by atoms with Crippen LogP contribution in [0.2, 0.25) is 0 Å². The number of anilines is 1. The molecular formula is C28H24F4N4O5. The number of carbonyl (C=O) groups excluding carboxylic acids is 3. The highest BCUT2D eigenvalue weighted by Crippen LogP contribution is 2.36. The van der Waals surface area contributed by atoms with E-state index in [9.17, 15) is 31.9 Å². The lowest BCUT2D eigenvalue weighted by Gasteiger charge is -2.22. The van der Waals surface area contributed by atoms with E-state index in [1.54, 1.807) is 18.2 Å². The zero-order valence-electron chi connectivity index (χ0n) is 22.1. The van der Waals surface area contributed by atoms with Crippen LogP contribution in [0.4, 0.5) is 23.2 Å². The Morgan fingerprint density at radius 2 is 1.85 bits per heavy atom. The molecule has 9 nitrogen and oxygen atoms in total. The van der Waals surface area contributed by atoms with Gasteiger partial charge in [0, 0.05) is 30.8 Å². The second-order valence-corrected chi connectivity index (χ2v) is 9.00. The number of amides is 2. The molecule has 4 rings (SSSR count). The molecule has 2 heterocycles. The molecule has 1 aliphatic rings. The normalized spacial score (nSPS) is 15.2. The molecule has 0 bridgehead atoms. The first-order valence-corrected chi connectivity index (χ1v) is 12.2. The Hall–Kier alpha value is -4.65. The smallest absolute Gasteiger partial charge is 0.387 e. The van der Waals surface area contributed by atoms with Gasteiger partial charge in [0.1, 0.15) is 11.7 Å². The largest absolute Gasteiger partial charge is 0.434 e. The number of halogens is 4. The number of alkyl halides is 4. The van der Waals surface area contributed by atoms with E-state index < -0.39 is 48.0 Å². The van der Waals surface area contributed by atoms with Gasteiger partial charge in [-0.3, -0.25) is 24.2 Å². The average molecular weight is 573 g/mol. The zero-order valence-corrected chi connectivity index (χ0v) is 22.1. The van der Waals surface area contributed by atoms with Gasteiger partial charge in [-0.05, 0) is 48.9 Å². The molecule has 3 aromatic rings. The number of aromatic nitrogens is 1. The summed E-state index contributed by atoms with van der Waals surface area (Å²) in [5.41, 5.74) is 0.321. The van der Waals surface area contributed by atoms with E-state index >= 15 is 0 Å². The summed E-state index contributed by atoms with van der Waals surface area (Å²) in [6.07, 6.45) is 1.07. The van der Waals surface area contributed by atoms with Crippen LogP contribution >= 0.6 is 0 Å². The number of Topliss-reactive ketones (excluding diaryl/α,β-unsaturated/α-hetero) is 1. The molecule has 41 heavy (non-hydrogen) atoms. The minimum absolute atomic E-state index is 0.157. The number of benzene rings is 2. The maximum atomic E-state index is 14.7. The molecule has 0 saturated carbocycles. The van der Waals surface area contributed by atoms with Crippen molar-refractivity contribution in [3.05, 3.63) is 78.0 Å². The molecular weight excluding hydrogens is 548 g/mol. The summed E-state index contributed by atoms with van der Waals surface area (Å²) in [5, 5.41) is 5.57. The standard InChI is InChI=1S/C28H24F4N4O5/c1-16-24(22(37)14-17-7-6-8-18(13-17)28(31,32)26(39)35(2)40-3)25(38)36(34-16)19-10-11-23(41-27(29)30)20(15-19)21-9-4-5-12-33-21/h4-13,15,24,27H,14H2,1-3H3. The predicted molar refractivity (Wildman–Crippen MR) is 139 cm³/mol. The van der Waals surface area contributed by atoms with Crippen molar-refractivity contribution in [2.75, 3.05) is 19.2 Å². The van der Waals surface area contributed by atoms with Crippen LogP contribution in [0.1, 0.15) is 18.1 Å². The fraction of sp³-hybridized carbons (Fsp3) is 0.250. The lowest BCUT2D eigenvalue weighted by atomic mass is 9.93. The van der Waals surface area contributed by atoms with Gasteiger partial charge in [0.25, 0.3) is 5.91 Å². The topological polar surface area (TPSA) is 101 Å². The van der Waals surface area contributed by atoms with E-state index in [1.807, 2.05) is 0 Å². The summed E-state index contributed by atoms with van der Waals surface area (Å²) >= 11 is 0.